The predicted octanol–water partition coefficient (Wildman–Crippen LogP) is 3.87. The molecule has 0 aliphatic heterocycles. The molecule has 0 unspecified atom stereocenters. The van der Waals surface area contributed by atoms with Crippen molar-refractivity contribution in [3.63, 3.8) is 0 Å². The van der Waals surface area contributed by atoms with E-state index in [0.717, 1.165) is 17.7 Å². The number of fused-ring (bicyclic) bond motifs is 1. The van der Waals surface area contributed by atoms with Gasteiger partial charge in [0.05, 0.1) is 17.0 Å². The van der Waals surface area contributed by atoms with E-state index in [1.807, 2.05) is 18.5 Å². The van der Waals surface area contributed by atoms with E-state index in [1.165, 1.54) is 0 Å². The molecule has 6 nitrogen and oxygen atoms in total. The van der Waals surface area contributed by atoms with Crippen molar-refractivity contribution in [1.82, 2.24) is 19.5 Å². The van der Waals surface area contributed by atoms with Gasteiger partial charge in [0.15, 0.2) is 5.65 Å². The smallest absolute Gasteiger partial charge is 0.269 e. The minimum absolute atomic E-state index is 0.385. The van der Waals surface area contributed by atoms with Crippen LogP contribution in [0.4, 0.5) is 17.3 Å². The van der Waals surface area contributed by atoms with Crippen LogP contribution in [0, 0.1) is 6.57 Å². The number of halogens is 1. The Morgan fingerprint density at radius 3 is 2.91 bits per heavy atom. The van der Waals surface area contributed by atoms with Gasteiger partial charge in [-0.15, -0.1) is 4.98 Å². The summed E-state index contributed by atoms with van der Waals surface area (Å²) in [6.07, 6.45) is 4.11. The first-order valence-corrected chi connectivity index (χ1v) is 7.11. The zero-order valence-electron chi connectivity index (χ0n) is 12.1. The molecule has 0 aliphatic carbocycles. The molecule has 3 rings (SSSR count). The Labute approximate surface area is 132 Å². The van der Waals surface area contributed by atoms with Gasteiger partial charge in [-0.05, 0) is 18.1 Å². The van der Waals surface area contributed by atoms with E-state index in [0.29, 0.717) is 27.8 Å². The summed E-state index contributed by atoms with van der Waals surface area (Å²) in [6.45, 7) is 9.06. The molecule has 0 amide bonds. The number of imidazole rings is 1. The predicted molar refractivity (Wildman–Crippen MR) is 86.7 cm³/mol. The summed E-state index contributed by atoms with van der Waals surface area (Å²) in [4.78, 5) is 16.2. The SMILES string of the molecule is [C-]#[N+]c1cc(CC)c(Nc2cc(Cl)c3ncn(C)c3n2)cn1. The molecular formula is C15H13ClN6. The minimum Gasteiger partial charge on any atom is -0.361 e. The van der Waals surface area contributed by atoms with Crippen LogP contribution in [0.1, 0.15) is 12.5 Å². The molecule has 1 N–H and O–H groups in total. The van der Waals surface area contributed by atoms with Crippen LogP contribution in [0.15, 0.2) is 24.7 Å². The van der Waals surface area contributed by atoms with Crippen LogP contribution >= 0.6 is 11.6 Å². The Balaban J connectivity index is 2.03. The van der Waals surface area contributed by atoms with Crippen LogP contribution in [-0.2, 0) is 13.5 Å². The fourth-order valence-corrected chi connectivity index (χ4v) is 2.45. The first-order valence-electron chi connectivity index (χ1n) is 6.73. The third kappa shape index (κ3) is 2.47. The van der Waals surface area contributed by atoms with Crippen LogP contribution in [0.2, 0.25) is 5.02 Å². The third-order valence-electron chi connectivity index (χ3n) is 3.36. The fraction of sp³-hybridized carbons (Fsp3) is 0.200. The number of rotatable bonds is 3. The summed E-state index contributed by atoms with van der Waals surface area (Å²) in [5.41, 5.74) is 3.20. The molecule has 0 radical (unpaired) electrons. The van der Waals surface area contributed by atoms with Gasteiger partial charge in [0, 0.05) is 13.1 Å². The summed E-state index contributed by atoms with van der Waals surface area (Å²) in [7, 11) is 1.87. The van der Waals surface area contributed by atoms with Crippen LogP contribution < -0.4 is 5.32 Å². The number of hydrogen-bond acceptors (Lipinski definition) is 4. The number of aromatic nitrogens is 4. The average Bonchev–Trinajstić information content (AvgIpc) is 2.90. The van der Waals surface area contributed by atoms with Crippen molar-refractivity contribution in [2.24, 2.45) is 7.05 Å². The van der Waals surface area contributed by atoms with Crippen molar-refractivity contribution < 1.29 is 0 Å². The molecule has 22 heavy (non-hydrogen) atoms. The van der Waals surface area contributed by atoms with E-state index < -0.39 is 0 Å². The van der Waals surface area contributed by atoms with Gasteiger partial charge < -0.3 is 14.7 Å². The molecule has 0 saturated heterocycles. The van der Waals surface area contributed by atoms with Crippen LogP contribution in [0.3, 0.4) is 0 Å². The Bertz CT molecular complexity index is 893. The lowest BCUT2D eigenvalue weighted by Crippen LogP contribution is -2.00. The maximum absolute atomic E-state index is 7.03. The van der Waals surface area contributed by atoms with E-state index >= 15 is 0 Å². The molecular weight excluding hydrogens is 300 g/mol. The van der Waals surface area contributed by atoms with E-state index in [2.05, 4.69) is 25.1 Å². The summed E-state index contributed by atoms with van der Waals surface area (Å²) >= 11 is 6.25. The molecule has 0 saturated carbocycles. The highest BCUT2D eigenvalue weighted by atomic mass is 35.5. The second kappa shape index (κ2) is 5.62. The van der Waals surface area contributed by atoms with E-state index in [-0.39, 0.29) is 0 Å². The van der Waals surface area contributed by atoms with Gasteiger partial charge >= 0.3 is 0 Å². The highest BCUT2D eigenvalue weighted by Gasteiger charge is 2.11. The zero-order valence-corrected chi connectivity index (χ0v) is 12.9. The number of nitrogens with one attached hydrogen (secondary N) is 1. The van der Waals surface area contributed by atoms with Gasteiger partial charge in [-0.1, -0.05) is 25.1 Å². The highest BCUT2D eigenvalue weighted by molar-refractivity contribution is 6.35. The standard InChI is InChI=1S/C15H13ClN6/c1-4-9-5-12(17-2)18-7-11(9)20-13-6-10(16)14-15(21-13)22(3)8-19-14/h5-8H,4H2,1,3H3,(H,20,21). The molecule has 0 fully saturated rings. The van der Waals surface area contributed by atoms with Gasteiger partial charge in [-0.3, -0.25) is 0 Å². The van der Waals surface area contributed by atoms with Crippen molar-refractivity contribution in [3.05, 3.63) is 46.7 Å². The summed E-state index contributed by atoms with van der Waals surface area (Å²) in [5, 5.41) is 3.76. The van der Waals surface area contributed by atoms with Crippen molar-refractivity contribution in [2.75, 3.05) is 5.32 Å². The molecule has 0 atom stereocenters. The number of aryl methyl sites for hydroxylation is 2. The van der Waals surface area contributed by atoms with Crippen LogP contribution in [-0.4, -0.2) is 19.5 Å². The van der Waals surface area contributed by atoms with Gasteiger partial charge in [-0.25, -0.2) is 9.97 Å². The quantitative estimate of drug-likeness (QED) is 0.746. The summed E-state index contributed by atoms with van der Waals surface area (Å²) in [5.74, 6) is 1.00. The number of anilines is 2. The Morgan fingerprint density at radius 1 is 1.36 bits per heavy atom. The Kier molecular flexibility index (Phi) is 3.65. The van der Waals surface area contributed by atoms with Crippen LogP contribution in [0.25, 0.3) is 16.0 Å². The largest absolute Gasteiger partial charge is 0.361 e. The first kappa shape index (κ1) is 14.3. The summed E-state index contributed by atoms with van der Waals surface area (Å²) < 4.78 is 1.81. The lowest BCUT2D eigenvalue weighted by Gasteiger charge is -2.10. The molecule has 3 heterocycles. The second-order valence-electron chi connectivity index (χ2n) is 4.81. The molecule has 3 aromatic heterocycles. The molecule has 110 valence electrons. The zero-order chi connectivity index (χ0) is 15.7. The van der Waals surface area contributed by atoms with Crippen molar-refractivity contribution >= 4 is 40.1 Å². The van der Waals surface area contributed by atoms with Crippen molar-refractivity contribution in [1.29, 1.82) is 0 Å². The molecule has 7 heteroatoms. The van der Waals surface area contributed by atoms with Crippen molar-refractivity contribution in [3.8, 4) is 0 Å². The third-order valence-corrected chi connectivity index (χ3v) is 3.64. The molecule has 0 aromatic carbocycles. The van der Waals surface area contributed by atoms with Gasteiger partial charge in [0.25, 0.3) is 5.82 Å². The maximum atomic E-state index is 7.03. The average molecular weight is 313 g/mol. The molecule has 0 spiro atoms. The van der Waals surface area contributed by atoms with Crippen LogP contribution in [0.5, 0.6) is 0 Å². The number of hydrogen-bond donors (Lipinski definition) is 1. The minimum atomic E-state index is 0.385. The van der Waals surface area contributed by atoms with E-state index in [9.17, 15) is 0 Å². The Hall–Kier alpha value is -2.65. The number of pyridine rings is 2. The lowest BCUT2D eigenvalue weighted by atomic mass is 10.1. The van der Waals surface area contributed by atoms with Gasteiger partial charge in [0.2, 0.25) is 0 Å². The van der Waals surface area contributed by atoms with Crippen molar-refractivity contribution in [2.45, 2.75) is 13.3 Å². The lowest BCUT2D eigenvalue weighted by molar-refractivity contribution is 0.931. The first-order chi connectivity index (χ1) is 10.6. The normalized spacial score (nSPS) is 10.6. The van der Waals surface area contributed by atoms with Gasteiger partial charge in [0.1, 0.15) is 17.5 Å². The number of nitrogens with zero attached hydrogens (tertiary/aromatic N) is 5. The Morgan fingerprint density at radius 2 is 2.18 bits per heavy atom. The topological polar surface area (TPSA) is 60.0 Å². The second-order valence-corrected chi connectivity index (χ2v) is 5.21. The maximum Gasteiger partial charge on any atom is 0.269 e. The highest BCUT2D eigenvalue weighted by Crippen LogP contribution is 2.27. The van der Waals surface area contributed by atoms with E-state index in [4.69, 9.17) is 18.2 Å². The monoisotopic (exact) mass is 312 g/mol. The molecule has 0 aliphatic rings. The van der Waals surface area contributed by atoms with Gasteiger partial charge in [-0.2, -0.15) is 0 Å². The fourth-order valence-electron chi connectivity index (χ4n) is 2.21. The molecule has 0 bridgehead atoms. The summed E-state index contributed by atoms with van der Waals surface area (Å²) in [6, 6.07) is 3.51. The molecule has 3 aromatic rings. The van der Waals surface area contributed by atoms with E-state index in [1.54, 1.807) is 24.7 Å².